The van der Waals surface area contributed by atoms with Crippen molar-refractivity contribution in [3.8, 4) is 5.75 Å². The van der Waals surface area contributed by atoms with Crippen LogP contribution in [0.4, 0.5) is 0 Å². The molecule has 1 aromatic carbocycles. The number of aromatic carboxylic acids is 1. The first-order valence-electron chi connectivity index (χ1n) is 6.54. The number of ether oxygens (including phenoxy) is 1. The van der Waals surface area contributed by atoms with Crippen LogP contribution in [-0.2, 0) is 11.4 Å². The Morgan fingerprint density at radius 3 is 2.50 bits per heavy atom. The van der Waals surface area contributed by atoms with Crippen molar-refractivity contribution in [1.29, 1.82) is 0 Å². The Morgan fingerprint density at radius 1 is 1.32 bits per heavy atom. The lowest BCUT2D eigenvalue weighted by Crippen LogP contribution is -2.48. The third kappa shape index (κ3) is 3.22. The van der Waals surface area contributed by atoms with E-state index in [2.05, 4.69) is 10.3 Å². The fourth-order valence-corrected chi connectivity index (χ4v) is 1.86. The Balaban J connectivity index is 2.22. The Kier molecular flexibility index (Phi) is 4.40. The minimum Gasteiger partial charge on any atom is -0.485 e. The number of carbonyl (C=O) groups is 2. The van der Waals surface area contributed by atoms with Crippen LogP contribution in [0.3, 0.4) is 0 Å². The number of hydrogen-bond donors (Lipinski definition) is 3. The van der Waals surface area contributed by atoms with E-state index in [1.807, 2.05) is 19.1 Å². The minimum atomic E-state index is -1.27. The van der Waals surface area contributed by atoms with Crippen LogP contribution in [0.15, 0.2) is 24.3 Å². The maximum atomic E-state index is 11.4. The number of aromatic nitrogens is 3. The molecule has 0 aliphatic heterocycles. The summed E-state index contributed by atoms with van der Waals surface area (Å²) in [5.74, 6) is -1.87. The van der Waals surface area contributed by atoms with E-state index in [4.69, 9.17) is 9.84 Å². The summed E-state index contributed by atoms with van der Waals surface area (Å²) in [6.07, 6.45) is 0. The molecule has 2 aromatic rings. The molecule has 8 nitrogen and oxygen atoms in total. The summed E-state index contributed by atoms with van der Waals surface area (Å²) >= 11 is 0. The molecule has 1 aromatic heterocycles. The number of nitrogens with zero attached hydrogens (tertiary/aromatic N) is 2. The van der Waals surface area contributed by atoms with Crippen LogP contribution in [-0.4, -0.2) is 32.5 Å². The van der Waals surface area contributed by atoms with E-state index in [1.54, 1.807) is 12.1 Å². The van der Waals surface area contributed by atoms with Gasteiger partial charge in [-0.05, 0) is 26.0 Å². The number of carboxylic acid groups (broad SMARTS) is 2. The van der Waals surface area contributed by atoms with Crippen molar-refractivity contribution in [3.05, 3.63) is 41.2 Å². The average Bonchev–Trinajstić information content (AvgIpc) is 2.89. The molecule has 1 atom stereocenters. The van der Waals surface area contributed by atoms with Crippen LogP contribution in [0.25, 0.3) is 0 Å². The number of H-pyrrole nitrogens is 1. The van der Waals surface area contributed by atoms with Gasteiger partial charge in [0.05, 0.1) is 0 Å². The van der Waals surface area contributed by atoms with Gasteiger partial charge in [-0.1, -0.05) is 22.9 Å². The fraction of sp³-hybridized carbons (Fsp3) is 0.286. The normalized spacial score (nSPS) is 11.9. The Labute approximate surface area is 125 Å². The maximum absolute atomic E-state index is 11.4. The van der Waals surface area contributed by atoms with E-state index in [0.717, 1.165) is 10.2 Å². The molecule has 116 valence electrons. The molecule has 22 heavy (non-hydrogen) atoms. The van der Waals surface area contributed by atoms with Crippen molar-refractivity contribution in [1.82, 2.24) is 10.3 Å². The molecule has 0 radical (unpaired) electrons. The standard InChI is InChI=1S/C14H15N3O5/c1-8-3-5-10(6-4-8)22-7-11-12(14(20)21)17(16-15-11)9(2)13(18)19/h3-6,9H,7H2,1-2H3,(H2,18,19,20,21)/p+1. The lowest BCUT2D eigenvalue weighted by atomic mass is 10.2. The highest BCUT2D eigenvalue weighted by atomic mass is 16.5. The summed E-state index contributed by atoms with van der Waals surface area (Å²) in [5.41, 5.74) is 0.967. The lowest BCUT2D eigenvalue weighted by Gasteiger charge is -2.04. The first-order chi connectivity index (χ1) is 10.4. The molecule has 0 aliphatic carbocycles. The average molecular weight is 306 g/mol. The fourth-order valence-electron chi connectivity index (χ4n) is 1.86. The third-order valence-corrected chi connectivity index (χ3v) is 3.15. The van der Waals surface area contributed by atoms with Gasteiger partial charge in [0, 0.05) is 5.10 Å². The number of nitrogens with one attached hydrogen (secondary N) is 1. The van der Waals surface area contributed by atoms with Gasteiger partial charge in [0.1, 0.15) is 5.75 Å². The van der Waals surface area contributed by atoms with E-state index in [0.29, 0.717) is 5.75 Å². The molecular formula is C14H16N3O5+. The van der Waals surface area contributed by atoms with E-state index in [9.17, 15) is 14.7 Å². The molecule has 0 bridgehead atoms. The maximum Gasteiger partial charge on any atom is 0.382 e. The molecule has 3 N–H and O–H groups in total. The summed E-state index contributed by atoms with van der Waals surface area (Å²) < 4.78 is 6.47. The van der Waals surface area contributed by atoms with Gasteiger partial charge in [-0.15, -0.1) is 4.68 Å². The van der Waals surface area contributed by atoms with Crippen LogP contribution in [0.2, 0.25) is 0 Å². The highest BCUT2D eigenvalue weighted by molar-refractivity contribution is 5.85. The van der Waals surface area contributed by atoms with Crippen molar-refractivity contribution in [2.75, 3.05) is 0 Å². The van der Waals surface area contributed by atoms with Crippen LogP contribution < -0.4 is 9.42 Å². The van der Waals surface area contributed by atoms with Gasteiger partial charge < -0.3 is 14.9 Å². The van der Waals surface area contributed by atoms with Gasteiger partial charge in [0.15, 0.2) is 6.61 Å². The van der Waals surface area contributed by atoms with Gasteiger partial charge in [0.2, 0.25) is 6.04 Å². The highest BCUT2D eigenvalue weighted by Crippen LogP contribution is 2.14. The summed E-state index contributed by atoms with van der Waals surface area (Å²) in [6, 6.07) is 6.17. The Bertz CT molecular complexity index is 693. The Morgan fingerprint density at radius 2 is 1.95 bits per heavy atom. The van der Waals surface area contributed by atoms with Crippen molar-refractivity contribution >= 4 is 11.9 Å². The third-order valence-electron chi connectivity index (χ3n) is 3.15. The lowest BCUT2D eigenvalue weighted by molar-refractivity contribution is -0.764. The minimum absolute atomic E-state index is 0.0828. The zero-order valence-electron chi connectivity index (χ0n) is 12.1. The number of aliphatic carboxylic acids is 1. The number of carboxylic acids is 2. The zero-order valence-corrected chi connectivity index (χ0v) is 12.1. The molecule has 1 unspecified atom stereocenters. The van der Waals surface area contributed by atoms with Gasteiger partial charge in [0.25, 0.3) is 11.4 Å². The Hall–Kier alpha value is -2.90. The zero-order chi connectivity index (χ0) is 16.3. The first-order valence-corrected chi connectivity index (χ1v) is 6.54. The van der Waals surface area contributed by atoms with Gasteiger partial charge in [-0.2, -0.15) is 0 Å². The first kappa shape index (κ1) is 15.5. The summed E-state index contributed by atoms with van der Waals surface area (Å²) in [5, 5.41) is 24.5. The number of hydrogen-bond acceptors (Lipinski definition) is 4. The SMILES string of the molecule is Cc1ccc(OCc2n[nH][n+](C(C)C(=O)O)c2C(=O)O)cc1. The van der Waals surface area contributed by atoms with Crippen molar-refractivity contribution in [2.45, 2.75) is 26.5 Å². The number of aromatic amines is 1. The molecule has 0 fully saturated rings. The number of rotatable bonds is 6. The van der Waals surface area contributed by atoms with Gasteiger partial charge in [-0.3, -0.25) is 0 Å². The van der Waals surface area contributed by atoms with Gasteiger partial charge >= 0.3 is 11.9 Å². The van der Waals surface area contributed by atoms with E-state index in [1.165, 1.54) is 6.92 Å². The van der Waals surface area contributed by atoms with Crippen molar-refractivity contribution < 1.29 is 29.2 Å². The largest absolute Gasteiger partial charge is 0.485 e. The molecule has 0 saturated heterocycles. The molecule has 0 saturated carbocycles. The van der Waals surface area contributed by atoms with Crippen molar-refractivity contribution in [2.24, 2.45) is 0 Å². The van der Waals surface area contributed by atoms with Crippen LogP contribution in [0.1, 0.15) is 34.7 Å². The second-order valence-corrected chi connectivity index (χ2v) is 4.80. The number of benzene rings is 1. The highest BCUT2D eigenvalue weighted by Gasteiger charge is 2.33. The second kappa shape index (κ2) is 6.25. The van der Waals surface area contributed by atoms with Crippen LogP contribution in [0.5, 0.6) is 5.75 Å². The smallest absolute Gasteiger partial charge is 0.382 e. The van der Waals surface area contributed by atoms with E-state index < -0.39 is 18.0 Å². The number of aryl methyl sites for hydroxylation is 1. The summed E-state index contributed by atoms with van der Waals surface area (Å²) in [7, 11) is 0. The molecule has 0 aliphatic rings. The predicted molar refractivity (Wildman–Crippen MR) is 73.6 cm³/mol. The second-order valence-electron chi connectivity index (χ2n) is 4.80. The topological polar surface area (TPSA) is 116 Å². The predicted octanol–water partition coefficient (Wildman–Crippen LogP) is 0.928. The molecule has 0 amide bonds. The molecule has 8 heteroatoms. The van der Waals surface area contributed by atoms with Crippen molar-refractivity contribution in [3.63, 3.8) is 0 Å². The monoisotopic (exact) mass is 306 g/mol. The molecule has 2 rings (SSSR count). The molecular weight excluding hydrogens is 290 g/mol. The van der Waals surface area contributed by atoms with E-state index >= 15 is 0 Å². The van der Waals surface area contributed by atoms with E-state index in [-0.39, 0.29) is 18.0 Å². The summed E-state index contributed by atoms with van der Waals surface area (Å²) in [6.45, 7) is 3.22. The quantitative estimate of drug-likeness (QED) is 0.684. The van der Waals surface area contributed by atoms with Gasteiger partial charge in [-0.25, -0.2) is 9.59 Å². The molecule has 0 spiro atoms. The summed E-state index contributed by atoms with van der Waals surface area (Å²) in [4.78, 5) is 22.4. The van der Waals surface area contributed by atoms with Crippen LogP contribution in [0, 0.1) is 6.92 Å². The molecule has 1 heterocycles. The van der Waals surface area contributed by atoms with Crippen LogP contribution >= 0.6 is 0 Å².